The first kappa shape index (κ1) is 11.3. The van der Waals surface area contributed by atoms with Crippen LogP contribution in [0.2, 0.25) is 0 Å². The third-order valence-electron chi connectivity index (χ3n) is 3.17. The summed E-state index contributed by atoms with van der Waals surface area (Å²) >= 11 is 0. The van der Waals surface area contributed by atoms with Gasteiger partial charge in [0.15, 0.2) is 0 Å². The van der Waals surface area contributed by atoms with E-state index in [4.69, 9.17) is 5.84 Å². The van der Waals surface area contributed by atoms with Crippen LogP contribution in [0.4, 0.5) is 5.69 Å². The van der Waals surface area contributed by atoms with E-state index in [0.717, 1.165) is 27.7 Å². The molecule has 0 saturated heterocycles. The molecule has 4 nitrogen and oxygen atoms in total. The summed E-state index contributed by atoms with van der Waals surface area (Å²) in [5.41, 5.74) is 6.01. The first-order valence-electron chi connectivity index (χ1n) is 5.91. The summed E-state index contributed by atoms with van der Waals surface area (Å²) in [5.74, 6) is 5.35. The number of benzene rings is 2. The lowest BCUT2D eigenvalue weighted by molar-refractivity contribution is 1.33. The van der Waals surface area contributed by atoms with Crippen LogP contribution in [0.25, 0.3) is 22.0 Å². The second kappa shape index (κ2) is 4.48. The topological polar surface area (TPSA) is 77.6 Å². The van der Waals surface area contributed by atoms with Gasteiger partial charge in [-0.3, -0.25) is 5.84 Å². The van der Waals surface area contributed by atoms with Crippen LogP contribution in [0.3, 0.4) is 0 Å². The molecule has 1 heterocycles. The van der Waals surface area contributed by atoms with Crippen molar-refractivity contribution >= 4 is 16.5 Å². The van der Waals surface area contributed by atoms with Crippen LogP contribution in [-0.4, -0.2) is 4.98 Å². The Hall–Kier alpha value is -2.77. The van der Waals surface area contributed by atoms with Gasteiger partial charge in [0, 0.05) is 16.5 Å². The lowest BCUT2D eigenvalue weighted by atomic mass is 10.1. The van der Waals surface area contributed by atoms with Crippen LogP contribution in [0.15, 0.2) is 48.5 Å². The number of rotatable bonds is 2. The number of hydrogen-bond acceptors (Lipinski definition) is 3. The van der Waals surface area contributed by atoms with Crippen molar-refractivity contribution < 1.29 is 0 Å². The minimum atomic E-state index is 0.589. The quantitative estimate of drug-likeness (QED) is 0.482. The molecule has 1 aromatic heterocycles. The summed E-state index contributed by atoms with van der Waals surface area (Å²) in [6.45, 7) is 0. The molecule has 0 unspecified atom stereocenters. The minimum absolute atomic E-state index is 0.589. The Morgan fingerprint density at radius 3 is 2.32 bits per heavy atom. The van der Waals surface area contributed by atoms with Gasteiger partial charge in [-0.15, -0.1) is 0 Å². The van der Waals surface area contributed by atoms with E-state index in [1.165, 1.54) is 0 Å². The molecule has 0 fully saturated rings. The molecule has 0 aliphatic carbocycles. The number of nitrogens with zero attached hydrogens (tertiary/aromatic N) is 1. The van der Waals surface area contributed by atoms with E-state index < -0.39 is 0 Å². The monoisotopic (exact) mass is 248 g/mol. The Bertz CT molecular complexity index is 763. The fraction of sp³-hybridized carbons (Fsp3) is 0. The summed E-state index contributed by atoms with van der Waals surface area (Å²) in [6, 6.07) is 17.8. The Balaban J connectivity index is 2.22. The van der Waals surface area contributed by atoms with E-state index in [9.17, 15) is 5.26 Å². The van der Waals surface area contributed by atoms with Gasteiger partial charge in [-0.25, -0.2) is 0 Å². The van der Waals surface area contributed by atoms with Gasteiger partial charge in [0.25, 0.3) is 0 Å². The van der Waals surface area contributed by atoms with Gasteiger partial charge in [0.1, 0.15) is 11.8 Å². The van der Waals surface area contributed by atoms with Gasteiger partial charge in [0.05, 0.1) is 5.69 Å². The first-order valence-corrected chi connectivity index (χ1v) is 5.91. The van der Waals surface area contributed by atoms with Crippen molar-refractivity contribution in [3.63, 3.8) is 0 Å². The number of fused-ring (bicyclic) bond motifs is 1. The number of aromatic amines is 1. The molecule has 0 atom stereocenters. The van der Waals surface area contributed by atoms with E-state index in [1.807, 2.05) is 48.5 Å². The van der Waals surface area contributed by atoms with Crippen LogP contribution in [0, 0.1) is 11.3 Å². The smallest absolute Gasteiger partial charge is 0.126 e. The van der Waals surface area contributed by atoms with Crippen molar-refractivity contribution in [1.82, 2.24) is 4.98 Å². The summed E-state index contributed by atoms with van der Waals surface area (Å²) in [6.07, 6.45) is 0. The van der Waals surface area contributed by atoms with E-state index in [-0.39, 0.29) is 0 Å². The maximum absolute atomic E-state index is 9.17. The van der Waals surface area contributed by atoms with Crippen molar-refractivity contribution in [3.05, 3.63) is 54.2 Å². The standard InChI is InChI=1S/C15H12N4/c16-9-14-12-3-1-2-4-13(12)15(18-14)10-5-7-11(19-17)8-6-10/h1-8,18-19H,17H2. The molecule has 0 saturated carbocycles. The summed E-state index contributed by atoms with van der Waals surface area (Å²) in [4.78, 5) is 3.18. The van der Waals surface area contributed by atoms with Gasteiger partial charge in [-0.2, -0.15) is 5.26 Å². The maximum Gasteiger partial charge on any atom is 0.126 e. The van der Waals surface area contributed by atoms with Gasteiger partial charge >= 0.3 is 0 Å². The zero-order valence-electron chi connectivity index (χ0n) is 10.1. The second-order valence-corrected chi connectivity index (χ2v) is 4.25. The van der Waals surface area contributed by atoms with Crippen molar-refractivity contribution in [3.8, 4) is 17.3 Å². The Kier molecular flexibility index (Phi) is 2.67. The molecule has 19 heavy (non-hydrogen) atoms. The number of aromatic nitrogens is 1. The highest BCUT2D eigenvalue weighted by Gasteiger charge is 2.10. The van der Waals surface area contributed by atoms with Crippen LogP contribution < -0.4 is 11.3 Å². The van der Waals surface area contributed by atoms with Crippen molar-refractivity contribution in [2.45, 2.75) is 0 Å². The predicted octanol–water partition coefficient (Wildman–Crippen LogP) is 2.99. The van der Waals surface area contributed by atoms with E-state index in [2.05, 4.69) is 16.5 Å². The Morgan fingerprint density at radius 2 is 1.68 bits per heavy atom. The molecular weight excluding hydrogens is 236 g/mol. The third kappa shape index (κ3) is 1.82. The number of H-pyrrole nitrogens is 1. The molecular formula is C15H12N4. The highest BCUT2D eigenvalue weighted by Crippen LogP contribution is 2.30. The highest BCUT2D eigenvalue weighted by atomic mass is 15.2. The fourth-order valence-electron chi connectivity index (χ4n) is 2.23. The zero-order chi connectivity index (χ0) is 13.2. The molecule has 0 amide bonds. The molecule has 4 heteroatoms. The molecule has 0 bridgehead atoms. The maximum atomic E-state index is 9.17. The van der Waals surface area contributed by atoms with E-state index in [0.29, 0.717) is 5.69 Å². The summed E-state index contributed by atoms with van der Waals surface area (Å²) in [7, 11) is 0. The van der Waals surface area contributed by atoms with Gasteiger partial charge in [0.2, 0.25) is 0 Å². The SMILES string of the molecule is N#Cc1[nH]c(-c2ccc(NN)cc2)c2ccccc12. The van der Waals surface area contributed by atoms with Crippen LogP contribution in [-0.2, 0) is 0 Å². The molecule has 0 radical (unpaired) electrons. The van der Waals surface area contributed by atoms with Crippen LogP contribution >= 0.6 is 0 Å². The Morgan fingerprint density at radius 1 is 1.00 bits per heavy atom. The molecule has 0 aliphatic rings. The second-order valence-electron chi connectivity index (χ2n) is 4.25. The number of hydrazine groups is 1. The molecule has 92 valence electrons. The molecule has 0 aliphatic heterocycles. The van der Waals surface area contributed by atoms with Gasteiger partial charge < -0.3 is 10.4 Å². The number of nitrogens with two attached hydrogens (primary N) is 1. The van der Waals surface area contributed by atoms with Crippen LogP contribution in [0.1, 0.15) is 5.69 Å². The largest absolute Gasteiger partial charge is 0.345 e. The fourth-order valence-corrected chi connectivity index (χ4v) is 2.23. The normalized spacial score (nSPS) is 10.3. The average molecular weight is 248 g/mol. The predicted molar refractivity (Wildman–Crippen MR) is 76.3 cm³/mol. The first-order chi connectivity index (χ1) is 9.33. The number of nitriles is 1. The van der Waals surface area contributed by atoms with Crippen molar-refractivity contribution in [2.24, 2.45) is 5.84 Å². The number of nitrogens with one attached hydrogen (secondary N) is 2. The molecule has 2 aromatic carbocycles. The summed E-state index contributed by atoms with van der Waals surface area (Å²) in [5, 5.41) is 11.2. The van der Waals surface area contributed by atoms with Crippen LogP contribution in [0.5, 0.6) is 0 Å². The van der Waals surface area contributed by atoms with E-state index >= 15 is 0 Å². The molecule has 0 spiro atoms. The zero-order valence-corrected chi connectivity index (χ0v) is 10.1. The highest BCUT2D eigenvalue weighted by molar-refractivity contribution is 5.99. The molecule has 4 N–H and O–H groups in total. The van der Waals surface area contributed by atoms with Crippen molar-refractivity contribution in [1.29, 1.82) is 5.26 Å². The number of nitrogen functional groups attached to an aromatic ring is 1. The summed E-state index contributed by atoms with van der Waals surface area (Å²) < 4.78 is 0. The number of hydrogen-bond donors (Lipinski definition) is 3. The third-order valence-corrected chi connectivity index (χ3v) is 3.17. The molecule has 3 rings (SSSR count). The molecule has 3 aromatic rings. The number of anilines is 1. The van der Waals surface area contributed by atoms with Gasteiger partial charge in [-0.1, -0.05) is 36.4 Å². The average Bonchev–Trinajstić information content (AvgIpc) is 2.86. The minimum Gasteiger partial charge on any atom is -0.345 e. The van der Waals surface area contributed by atoms with Crippen molar-refractivity contribution in [2.75, 3.05) is 5.43 Å². The lowest BCUT2D eigenvalue weighted by Crippen LogP contribution is -2.05. The Labute approximate surface area is 110 Å². The van der Waals surface area contributed by atoms with Gasteiger partial charge in [-0.05, 0) is 17.7 Å². The lowest BCUT2D eigenvalue weighted by Gasteiger charge is -2.02. The van der Waals surface area contributed by atoms with E-state index in [1.54, 1.807) is 0 Å².